The second-order valence-electron chi connectivity index (χ2n) is 8.92. The number of amides is 1. The van der Waals surface area contributed by atoms with Gasteiger partial charge in [0.2, 0.25) is 5.96 Å². The highest BCUT2D eigenvalue weighted by Crippen LogP contribution is 2.32. The molecule has 3 aromatic carbocycles. The van der Waals surface area contributed by atoms with Crippen LogP contribution in [0.2, 0.25) is 0 Å². The van der Waals surface area contributed by atoms with Gasteiger partial charge in [-0.1, -0.05) is 24.3 Å². The third-order valence-corrected chi connectivity index (χ3v) is 6.33. The number of nitrogens with one attached hydrogen (secondary N) is 2. The van der Waals surface area contributed by atoms with E-state index in [9.17, 15) is 9.18 Å². The summed E-state index contributed by atoms with van der Waals surface area (Å²) in [5, 5.41) is 12.1. The Bertz CT molecular complexity index is 1380. The number of ether oxygens (including phenoxy) is 1. The quantitative estimate of drug-likeness (QED) is 0.320. The first-order valence-corrected chi connectivity index (χ1v) is 12.5. The molecule has 38 heavy (non-hydrogen) atoms. The number of anilines is 2. The van der Waals surface area contributed by atoms with Crippen molar-refractivity contribution in [3.8, 4) is 5.75 Å². The summed E-state index contributed by atoms with van der Waals surface area (Å²) in [6.07, 6.45) is 4.84. The van der Waals surface area contributed by atoms with Gasteiger partial charge >= 0.3 is 0 Å². The van der Waals surface area contributed by atoms with Crippen molar-refractivity contribution < 1.29 is 13.9 Å². The van der Waals surface area contributed by atoms with Crippen LogP contribution in [0.4, 0.5) is 15.8 Å². The van der Waals surface area contributed by atoms with Crippen molar-refractivity contribution >= 4 is 46.2 Å². The van der Waals surface area contributed by atoms with Gasteiger partial charge in [0.05, 0.1) is 0 Å². The van der Waals surface area contributed by atoms with Crippen LogP contribution >= 0.6 is 0 Å². The molecule has 10 heteroatoms. The minimum Gasteiger partial charge on any atom is -0.471 e. The van der Waals surface area contributed by atoms with E-state index in [4.69, 9.17) is 15.9 Å². The topological polar surface area (TPSA) is 119 Å². The number of aliphatic imine (C=N–C) groups is 2. The van der Waals surface area contributed by atoms with Gasteiger partial charge in [-0.15, -0.1) is 0 Å². The summed E-state index contributed by atoms with van der Waals surface area (Å²) in [4.78, 5) is 25.1. The number of benzene rings is 3. The van der Waals surface area contributed by atoms with Crippen LogP contribution in [-0.2, 0) is 0 Å². The fourth-order valence-electron chi connectivity index (χ4n) is 4.36. The first-order chi connectivity index (χ1) is 18.4. The number of hydrogen-bond donors (Lipinski definition) is 3. The highest BCUT2D eigenvalue weighted by Gasteiger charge is 2.17. The predicted molar refractivity (Wildman–Crippen MR) is 151 cm³/mol. The maximum absolute atomic E-state index is 14.4. The Hall–Kier alpha value is -4.47. The lowest BCUT2D eigenvalue weighted by atomic mass is 10.1. The molecule has 0 atom stereocenters. The van der Waals surface area contributed by atoms with Gasteiger partial charge < -0.3 is 20.7 Å². The van der Waals surface area contributed by atoms with Crippen LogP contribution in [-0.4, -0.2) is 55.8 Å². The van der Waals surface area contributed by atoms with Crippen LogP contribution in [0.5, 0.6) is 5.75 Å². The summed E-state index contributed by atoms with van der Waals surface area (Å²) in [5.74, 6) is -0.214. The summed E-state index contributed by atoms with van der Waals surface area (Å²) in [5.41, 5.74) is 7.11. The van der Waals surface area contributed by atoms with Crippen molar-refractivity contribution in [1.82, 2.24) is 4.90 Å². The minimum absolute atomic E-state index is 0.0530. The van der Waals surface area contributed by atoms with Crippen molar-refractivity contribution in [3.63, 3.8) is 0 Å². The molecule has 0 aromatic heterocycles. The summed E-state index contributed by atoms with van der Waals surface area (Å²) in [6, 6.07) is 15.5. The van der Waals surface area contributed by atoms with Gasteiger partial charge in [0.15, 0.2) is 12.7 Å². The molecule has 0 unspecified atom stereocenters. The zero-order chi connectivity index (χ0) is 27.1. The van der Waals surface area contributed by atoms with Crippen molar-refractivity contribution in [3.05, 3.63) is 66.0 Å². The highest BCUT2D eigenvalue weighted by atomic mass is 19.1. The zero-order valence-electron chi connectivity index (χ0n) is 21.6. The number of nitrogens with zero attached hydrogens (tertiary/aromatic N) is 4. The first kappa shape index (κ1) is 26.6. The molecule has 0 bridgehead atoms. The van der Waals surface area contributed by atoms with Crippen molar-refractivity contribution in [1.29, 1.82) is 5.41 Å². The Balaban J connectivity index is 1.55. The average Bonchev–Trinajstić information content (AvgIpc) is 2.93. The van der Waals surface area contributed by atoms with Gasteiger partial charge in [-0.3, -0.25) is 15.1 Å². The van der Waals surface area contributed by atoms with E-state index >= 15 is 0 Å². The molecule has 0 aliphatic carbocycles. The maximum Gasteiger partial charge on any atom is 0.255 e. The smallest absolute Gasteiger partial charge is 0.255 e. The second kappa shape index (κ2) is 12.2. The van der Waals surface area contributed by atoms with E-state index in [0.29, 0.717) is 11.4 Å². The molecule has 1 aliphatic heterocycles. The van der Waals surface area contributed by atoms with E-state index in [2.05, 4.69) is 20.2 Å². The van der Waals surface area contributed by atoms with Gasteiger partial charge in [-0.05, 0) is 56.5 Å². The monoisotopic (exact) mass is 517 g/mol. The predicted octanol–water partition coefficient (Wildman–Crippen LogP) is 4.83. The van der Waals surface area contributed by atoms with E-state index in [-0.39, 0.29) is 30.1 Å². The van der Waals surface area contributed by atoms with E-state index < -0.39 is 5.82 Å². The van der Waals surface area contributed by atoms with Crippen molar-refractivity contribution in [2.45, 2.75) is 26.2 Å². The number of halogens is 1. The highest BCUT2D eigenvalue weighted by molar-refractivity contribution is 6.10. The molecule has 9 nitrogen and oxygen atoms in total. The van der Waals surface area contributed by atoms with E-state index in [1.54, 1.807) is 38.4 Å². The third-order valence-electron chi connectivity index (χ3n) is 6.33. The molecule has 3 aromatic rings. The van der Waals surface area contributed by atoms with Crippen LogP contribution in [0.15, 0.2) is 64.6 Å². The Morgan fingerprint density at radius 2 is 1.89 bits per heavy atom. The molecule has 1 aliphatic rings. The number of hydrogen-bond acceptors (Lipinski definition) is 5. The molecule has 1 fully saturated rings. The second-order valence-corrected chi connectivity index (χ2v) is 8.92. The lowest BCUT2D eigenvalue weighted by Crippen LogP contribution is -2.37. The van der Waals surface area contributed by atoms with Crippen LogP contribution in [0.3, 0.4) is 0 Å². The van der Waals surface area contributed by atoms with Gasteiger partial charge in [0, 0.05) is 54.1 Å². The number of carbonyl (C=O) groups is 1. The van der Waals surface area contributed by atoms with Gasteiger partial charge in [0.1, 0.15) is 11.6 Å². The van der Waals surface area contributed by atoms with Crippen molar-refractivity contribution in [2.75, 3.05) is 37.1 Å². The molecular weight excluding hydrogens is 485 g/mol. The Labute approximate surface area is 221 Å². The van der Waals surface area contributed by atoms with E-state index in [1.807, 2.05) is 24.3 Å². The van der Waals surface area contributed by atoms with Crippen LogP contribution in [0.1, 0.15) is 36.5 Å². The van der Waals surface area contributed by atoms with Crippen LogP contribution < -0.4 is 20.7 Å². The van der Waals surface area contributed by atoms with Gasteiger partial charge in [0.25, 0.3) is 5.91 Å². The van der Waals surface area contributed by atoms with Crippen LogP contribution in [0.25, 0.3) is 10.8 Å². The molecule has 0 radical (unpaired) electrons. The number of rotatable bonds is 6. The average molecular weight is 518 g/mol. The van der Waals surface area contributed by atoms with E-state index in [1.165, 1.54) is 23.5 Å². The molecule has 0 spiro atoms. The van der Waals surface area contributed by atoms with Crippen molar-refractivity contribution in [2.24, 2.45) is 15.7 Å². The number of carbonyl (C=O) groups excluding carboxylic acids is 1. The number of fused-ring (bicyclic) bond motifs is 1. The molecule has 4 N–H and O–H groups in total. The van der Waals surface area contributed by atoms with Gasteiger partial charge in [-0.25, -0.2) is 14.4 Å². The Kier molecular flexibility index (Phi) is 8.52. The Morgan fingerprint density at radius 1 is 1.16 bits per heavy atom. The molecule has 198 valence electrons. The third kappa shape index (κ3) is 6.26. The van der Waals surface area contributed by atoms with Crippen LogP contribution in [0, 0.1) is 11.2 Å². The fraction of sp³-hybridized carbons (Fsp3) is 0.286. The lowest BCUT2D eigenvalue weighted by Gasteiger charge is -2.29. The molecule has 0 saturated carbocycles. The summed E-state index contributed by atoms with van der Waals surface area (Å²) in [7, 11) is 1.59. The number of nitrogens with two attached hydrogens (primary N) is 1. The number of guanidine groups is 2. The zero-order valence-corrected chi connectivity index (χ0v) is 21.6. The Morgan fingerprint density at radius 3 is 2.61 bits per heavy atom. The van der Waals surface area contributed by atoms with Gasteiger partial charge in [-0.2, -0.15) is 0 Å². The molecule has 1 amide bonds. The molecule has 4 rings (SSSR count). The molecular formula is C28H32FN7O2. The molecule has 1 saturated heterocycles. The summed E-state index contributed by atoms with van der Waals surface area (Å²) in [6.45, 7) is 3.40. The number of piperidine rings is 1. The fourth-order valence-corrected chi connectivity index (χ4v) is 4.36. The SMILES string of the molecule is C/C=N\C(=N/COc1ccc(NC(=O)c2cc(F)cc(N3CCCCC3)c2)c2ccccc12)N(C)C(=N)N. The summed E-state index contributed by atoms with van der Waals surface area (Å²) >= 11 is 0. The lowest BCUT2D eigenvalue weighted by molar-refractivity contribution is 0.102. The maximum atomic E-state index is 14.4. The largest absolute Gasteiger partial charge is 0.471 e. The molecule has 1 heterocycles. The summed E-state index contributed by atoms with van der Waals surface area (Å²) < 4.78 is 20.3. The van der Waals surface area contributed by atoms with E-state index in [0.717, 1.165) is 42.4 Å². The first-order valence-electron chi connectivity index (χ1n) is 12.5. The minimum atomic E-state index is -0.436. The standard InChI is InChI=1S/C28H32FN7O2/c1-3-32-28(35(2)27(30)31)33-18-38-25-12-11-24(22-9-5-6-10-23(22)25)34-26(37)19-15-20(29)17-21(16-19)36-13-7-4-8-14-36/h3,5-6,9-12,15-17H,4,7-8,13-14,18H2,1-2H3,(H3,30,31)(H,34,37)/b32-3-,33-28+. The normalized spacial score (nSPS) is 14.1.